The second-order valence-corrected chi connectivity index (χ2v) is 5.75. The summed E-state index contributed by atoms with van der Waals surface area (Å²) in [5.74, 6) is 0.169. The Kier molecular flexibility index (Phi) is 4.35. The first kappa shape index (κ1) is 14.9. The van der Waals surface area contributed by atoms with Crippen molar-refractivity contribution in [3.8, 4) is 11.1 Å². The van der Waals surface area contributed by atoms with Crippen molar-refractivity contribution < 1.29 is 0 Å². The normalized spacial score (nSPS) is 11.1. The maximum Gasteiger partial charge on any atom is 0.329 e. The highest BCUT2D eigenvalue weighted by Crippen LogP contribution is 2.24. The summed E-state index contributed by atoms with van der Waals surface area (Å²) in [4.78, 5) is 26.8. The largest absolute Gasteiger partial charge is 0.329 e. The van der Waals surface area contributed by atoms with Crippen molar-refractivity contribution in [3.63, 3.8) is 0 Å². The molecule has 0 amide bonds. The highest BCUT2D eigenvalue weighted by molar-refractivity contribution is 6.32. The summed E-state index contributed by atoms with van der Waals surface area (Å²) in [6.07, 6.45) is 0. The molecule has 0 spiro atoms. The Morgan fingerprint density at radius 1 is 1.25 bits per heavy atom. The molecular weight excluding hydrogens is 299 g/mol. The minimum atomic E-state index is -0.500. The van der Waals surface area contributed by atoms with Crippen LogP contribution in [0.2, 0.25) is 10.2 Å². The first-order valence-electron chi connectivity index (χ1n) is 6.18. The minimum absolute atomic E-state index is 0.0299. The molecule has 4 nitrogen and oxygen atoms in total. The second-order valence-electron chi connectivity index (χ2n) is 4.94. The zero-order chi connectivity index (χ0) is 14.9. The molecule has 0 unspecified atom stereocenters. The van der Waals surface area contributed by atoms with Crippen molar-refractivity contribution in [1.29, 1.82) is 0 Å². The number of hydrogen-bond donors (Lipinski definition) is 1. The monoisotopic (exact) mass is 312 g/mol. The van der Waals surface area contributed by atoms with Gasteiger partial charge in [-0.3, -0.25) is 14.3 Å². The molecule has 0 fully saturated rings. The van der Waals surface area contributed by atoms with Gasteiger partial charge in [0.15, 0.2) is 0 Å². The predicted octanol–water partition coefficient (Wildman–Crippen LogP) is 3.17. The van der Waals surface area contributed by atoms with Crippen molar-refractivity contribution in [2.24, 2.45) is 5.92 Å². The van der Waals surface area contributed by atoms with Gasteiger partial charge in [-0.2, -0.15) is 0 Å². The third-order valence-electron chi connectivity index (χ3n) is 2.80. The summed E-state index contributed by atoms with van der Waals surface area (Å²) in [6, 6.07) is 6.80. The molecule has 20 heavy (non-hydrogen) atoms. The smallest absolute Gasteiger partial charge is 0.297 e. The number of benzene rings is 1. The van der Waals surface area contributed by atoms with Crippen molar-refractivity contribution in [1.82, 2.24) is 9.55 Å². The Hall–Kier alpha value is -1.52. The van der Waals surface area contributed by atoms with E-state index in [1.54, 1.807) is 24.3 Å². The van der Waals surface area contributed by atoms with Gasteiger partial charge in [0.25, 0.3) is 5.56 Å². The van der Waals surface area contributed by atoms with Gasteiger partial charge < -0.3 is 0 Å². The van der Waals surface area contributed by atoms with Gasteiger partial charge in [-0.1, -0.05) is 49.2 Å². The van der Waals surface area contributed by atoms with Gasteiger partial charge in [-0.15, -0.1) is 0 Å². The summed E-state index contributed by atoms with van der Waals surface area (Å²) < 4.78 is 1.16. The van der Waals surface area contributed by atoms with Gasteiger partial charge >= 0.3 is 5.69 Å². The lowest BCUT2D eigenvalue weighted by molar-refractivity contribution is 0.493. The molecule has 0 aliphatic rings. The van der Waals surface area contributed by atoms with Gasteiger partial charge in [0.1, 0.15) is 5.15 Å². The van der Waals surface area contributed by atoms with E-state index < -0.39 is 11.2 Å². The lowest BCUT2D eigenvalue weighted by atomic mass is 10.1. The predicted molar refractivity (Wildman–Crippen MR) is 81.6 cm³/mol. The van der Waals surface area contributed by atoms with E-state index in [0.29, 0.717) is 17.1 Å². The van der Waals surface area contributed by atoms with E-state index in [2.05, 4.69) is 4.98 Å². The van der Waals surface area contributed by atoms with Crippen molar-refractivity contribution in [2.45, 2.75) is 20.4 Å². The Morgan fingerprint density at radius 2 is 1.95 bits per heavy atom. The Balaban J connectivity index is 2.71. The Morgan fingerprint density at radius 3 is 2.55 bits per heavy atom. The van der Waals surface area contributed by atoms with Gasteiger partial charge in [-0.25, -0.2) is 4.79 Å². The highest BCUT2D eigenvalue weighted by atomic mass is 35.5. The molecular formula is C14H14Cl2N2O2. The quantitative estimate of drug-likeness (QED) is 0.885. The molecule has 106 valence electrons. The molecule has 1 heterocycles. The molecule has 1 N–H and O–H groups in total. The molecule has 0 atom stereocenters. The zero-order valence-corrected chi connectivity index (χ0v) is 12.6. The number of rotatable bonds is 3. The summed E-state index contributed by atoms with van der Waals surface area (Å²) in [5, 5.41) is 0.529. The van der Waals surface area contributed by atoms with E-state index in [1.165, 1.54) is 0 Å². The van der Waals surface area contributed by atoms with E-state index in [1.807, 2.05) is 13.8 Å². The number of H-pyrrole nitrogens is 1. The average Bonchev–Trinajstić information content (AvgIpc) is 2.34. The molecule has 2 rings (SSSR count). The van der Waals surface area contributed by atoms with Crippen LogP contribution in [-0.4, -0.2) is 9.55 Å². The summed E-state index contributed by atoms with van der Waals surface area (Å²) in [7, 11) is 0. The number of aromatic nitrogens is 2. The number of nitrogens with one attached hydrogen (secondary N) is 1. The van der Waals surface area contributed by atoms with E-state index in [-0.39, 0.29) is 16.6 Å². The van der Waals surface area contributed by atoms with E-state index >= 15 is 0 Å². The van der Waals surface area contributed by atoms with Crippen molar-refractivity contribution in [3.05, 3.63) is 55.3 Å². The fourth-order valence-electron chi connectivity index (χ4n) is 1.97. The van der Waals surface area contributed by atoms with Crippen LogP contribution in [0.1, 0.15) is 13.8 Å². The lowest BCUT2D eigenvalue weighted by Gasteiger charge is -2.11. The minimum Gasteiger partial charge on any atom is -0.297 e. The molecule has 0 aliphatic heterocycles. The van der Waals surface area contributed by atoms with Crippen LogP contribution < -0.4 is 11.2 Å². The van der Waals surface area contributed by atoms with Crippen LogP contribution in [0.5, 0.6) is 0 Å². The number of hydrogen-bond acceptors (Lipinski definition) is 2. The third-order valence-corrected chi connectivity index (χ3v) is 3.32. The van der Waals surface area contributed by atoms with Gasteiger partial charge in [-0.05, 0) is 23.6 Å². The Bertz CT molecular complexity index is 748. The van der Waals surface area contributed by atoms with Crippen LogP contribution in [0.3, 0.4) is 0 Å². The number of aromatic amines is 1. The molecule has 0 radical (unpaired) electrons. The van der Waals surface area contributed by atoms with Crippen LogP contribution in [0.4, 0.5) is 0 Å². The first-order chi connectivity index (χ1) is 9.40. The average molecular weight is 313 g/mol. The molecule has 1 aromatic carbocycles. The summed E-state index contributed by atoms with van der Waals surface area (Å²) in [6.45, 7) is 4.19. The highest BCUT2D eigenvalue weighted by Gasteiger charge is 2.15. The molecule has 2 aromatic rings. The Labute approximate surface area is 126 Å². The van der Waals surface area contributed by atoms with Crippen molar-refractivity contribution in [2.75, 3.05) is 0 Å². The van der Waals surface area contributed by atoms with Crippen LogP contribution in [0.15, 0.2) is 33.9 Å². The number of halogens is 2. The zero-order valence-electron chi connectivity index (χ0n) is 11.1. The maximum atomic E-state index is 12.5. The molecule has 0 saturated heterocycles. The third kappa shape index (κ3) is 2.97. The standard InChI is InChI=1S/C14H14Cl2N2O2/c1-8(2)7-18-13(19)11(12(16)17-14(18)20)9-4-3-5-10(15)6-9/h3-6,8H,7H2,1-2H3,(H,17,20). The van der Waals surface area contributed by atoms with Crippen LogP contribution in [0.25, 0.3) is 11.1 Å². The molecule has 6 heteroatoms. The molecule has 0 saturated carbocycles. The fraction of sp³-hybridized carbons (Fsp3) is 0.286. The van der Waals surface area contributed by atoms with Gasteiger partial charge in [0.05, 0.1) is 5.56 Å². The van der Waals surface area contributed by atoms with Crippen molar-refractivity contribution >= 4 is 23.2 Å². The van der Waals surface area contributed by atoms with Gasteiger partial charge in [0, 0.05) is 11.6 Å². The summed E-state index contributed by atoms with van der Waals surface area (Å²) in [5.41, 5.74) is -0.0649. The second kappa shape index (κ2) is 5.85. The lowest BCUT2D eigenvalue weighted by Crippen LogP contribution is -2.37. The SMILES string of the molecule is CC(C)Cn1c(=O)[nH]c(Cl)c(-c2cccc(Cl)c2)c1=O. The maximum absolute atomic E-state index is 12.5. The topological polar surface area (TPSA) is 54.9 Å². The van der Waals surface area contributed by atoms with Crippen LogP contribution in [0, 0.1) is 5.92 Å². The van der Waals surface area contributed by atoms with E-state index in [4.69, 9.17) is 23.2 Å². The number of nitrogens with zero attached hydrogens (tertiary/aromatic N) is 1. The first-order valence-corrected chi connectivity index (χ1v) is 6.94. The fourth-order valence-corrected chi connectivity index (χ4v) is 2.43. The van der Waals surface area contributed by atoms with E-state index in [0.717, 1.165) is 4.57 Å². The molecule has 0 aliphatic carbocycles. The van der Waals surface area contributed by atoms with E-state index in [9.17, 15) is 9.59 Å². The van der Waals surface area contributed by atoms with Crippen LogP contribution in [-0.2, 0) is 6.54 Å². The molecule has 0 bridgehead atoms. The molecule has 1 aromatic heterocycles. The van der Waals surface area contributed by atoms with Crippen LogP contribution >= 0.6 is 23.2 Å². The van der Waals surface area contributed by atoms with Gasteiger partial charge in [0.2, 0.25) is 0 Å². The summed E-state index contributed by atoms with van der Waals surface area (Å²) >= 11 is 11.9.